The number of hydrogen-bond donors (Lipinski definition) is 1. The second kappa shape index (κ2) is 6.15. The van der Waals surface area contributed by atoms with Crippen molar-refractivity contribution in [3.05, 3.63) is 18.0 Å². The fourth-order valence-electron chi connectivity index (χ4n) is 2.27. The lowest BCUT2D eigenvalue weighted by Gasteiger charge is -2.09. The summed E-state index contributed by atoms with van der Waals surface area (Å²) in [5.41, 5.74) is 5.74. The number of rotatable bonds is 7. The first-order valence-electron chi connectivity index (χ1n) is 7.32. The highest BCUT2D eigenvalue weighted by Gasteiger charge is 2.29. The first-order valence-corrected chi connectivity index (χ1v) is 8.31. The lowest BCUT2D eigenvalue weighted by atomic mass is 10.2. The van der Waals surface area contributed by atoms with E-state index in [9.17, 15) is 0 Å². The molecule has 21 heavy (non-hydrogen) atoms. The SMILES string of the molecule is CC(C)Cn1ncnc1CSc1nnc(CN)n1C1CC1. The van der Waals surface area contributed by atoms with Crippen LogP contribution < -0.4 is 5.73 Å². The van der Waals surface area contributed by atoms with Crippen molar-refractivity contribution in [2.75, 3.05) is 0 Å². The van der Waals surface area contributed by atoms with Crippen LogP contribution in [-0.2, 0) is 18.8 Å². The molecule has 0 unspecified atom stereocenters. The van der Waals surface area contributed by atoms with E-state index in [0.29, 0.717) is 18.5 Å². The Labute approximate surface area is 128 Å². The van der Waals surface area contributed by atoms with E-state index in [1.54, 1.807) is 18.1 Å². The lowest BCUT2D eigenvalue weighted by molar-refractivity contribution is 0.471. The van der Waals surface area contributed by atoms with Crippen molar-refractivity contribution < 1.29 is 0 Å². The van der Waals surface area contributed by atoms with Gasteiger partial charge in [0.25, 0.3) is 0 Å². The largest absolute Gasteiger partial charge is 0.324 e. The normalized spacial score (nSPS) is 15.0. The van der Waals surface area contributed by atoms with Gasteiger partial charge in [0.2, 0.25) is 0 Å². The molecule has 1 aliphatic rings. The van der Waals surface area contributed by atoms with Crippen LogP contribution in [0, 0.1) is 5.92 Å². The molecule has 0 aromatic carbocycles. The van der Waals surface area contributed by atoms with Crippen molar-refractivity contribution in [3.63, 3.8) is 0 Å². The fraction of sp³-hybridized carbons (Fsp3) is 0.692. The molecule has 1 fully saturated rings. The van der Waals surface area contributed by atoms with Gasteiger partial charge in [0.15, 0.2) is 5.16 Å². The molecule has 114 valence electrons. The zero-order chi connectivity index (χ0) is 14.8. The minimum absolute atomic E-state index is 0.438. The second-order valence-corrected chi connectivity index (χ2v) is 6.69. The molecular formula is C13H21N7S. The van der Waals surface area contributed by atoms with E-state index >= 15 is 0 Å². The standard InChI is InChI=1S/C13H21N7S/c1-9(2)6-19-12(15-8-16-19)7-21-13-18-17-11(5-14)20(13)10-3-4-10/h8-10H,3-7,14H2,1-2H3. The minimum atomic E-state index is 0.438. The monoisotopic (exact) mass is 307 g/mol. The Balaban J connectivity index is 1.71. The van der Waals surface area contributed by atoms with E-state index < -0.39 is 0 Å². The third-order valence-corrected chi connectivity index (χ3v) is 4.33. The van der Waals surface area contributed by atoms with Gasteiger partial charge in [0.1, 0.15) is 18.0 Å². The highest BCUT2D eigenvalue weighted by Crippen LogP contribution is 2.39. The average molecular weight is 307 g/mol. The molecule has 3 rings (SSSR count). The Bertz CT molecular complexity index is 599. The molecule has 0 amide bonds. The number of hydrogen-bond acceptors (Lipinski definition) is 6. The maximum absolute atomic E-state index is 5.74. The van der Waals surface area contributed by atoms with Crippen LogP contribution in [-0.4, -0.2) is 29.5 Å². The van der Waals surface area contributed by atoms with Gasteiger partial charge in [0.05, 0.1) is 12.3 Å². The van der Waals surface area contributed by atoms with Crippen molar-refractivity contribution in [2.45, 2.75) is 56.7 Å². The summed E-state index contributed by atoms with van der Waals surface area (Å²) in [6, 6.07) is 0.537. The molecule has 1 saturated carbocycles. The van der Waals surface area contributed by atoms with Crippen molar-refractivity contribution in [3.8, 4) is 0 Å². The number of nitrogens with two attached hydrogens (primary N) is 1. The Kier molecular flexibility index (Phi) is 4.25. The highest BCUT2D eigenvalue weighted by molar-refractivity contribution is 7.98. The average Bonchev–Trinajstić information content (AvgIpc) is 3.06. The third kappa shape index (κ3) is 3.26. The molecule has 0 bridgehead atoms. The Morgan fingerprint density at radius 1 is 1.33 bits per heavy atom. The van der Waals surface area contributed by atoms with E-state index in [1.807, 2.05) is 4.68 Å². The van der Waals surface area contributed by atoms with Gasteiger partial charge in [-0.2, -0.15) is 5.10 Å². The molecule has 2 heterocycles. The van der Waals surface area contributed by atoms with E-state index in [-0.39, 0.29) is 0 Å². The van der Waals surface area contributed by atoms with Crippen molar-refractivity contribution in [1.82, 2.24) is 29.5 Å². The van der Waals surface area contributed by atoms with Crippen LogP contribution in [0.4, 0.5) is 0 Å². The number of thioether (sulfide) groups is 1. The van der Waals surface area contributed by atoms with Gasteiger partial charge in [0, 0.05) is 12.6 Å². The van der Waals surface area contributed by atoms with Gasteiger partial charge < -0.3 is 10.3 Å². The van der Waals surface area contributed by atoms with Gasteiger partial charge in [-0.1, -0.05) is 25.6 Å². The van der Waals surface area contributed by atoms with E-state index in [1.165, 1.54) is 12.8 Å². The summed E-state index contributed by atoms with van der Waals surface area (Å²) < 4.78 is 4.16. The van der Waals surface area contributed by atoms with Crippen LogP contribution in [0.25, 0.3) is 0 Å². The van der Waals surface area contributed by atoms with Gasteiger partial charge in [-0.25, -0.2) is 9.67 Å². The van der Waals surface area contributed by atoms with Crippen molar-refractivity contribution in [2.24, 2.45) is 11.7 Å². The zero-order valence-electron chi connectivity index (χ0n) is 12.4. The van der Waals surface area contributed by atoms with E-state index in [2.05, 4.69) is 38.7 Å². The van der Waals surface area contributed by atoms with Crippen LogP contribution in [0.2, 0.25) is 0 Å². The molecule has 0 atom stereocenters. The molecule has 0 radical (unpaired) electrons. The summed E-state index contributed by atoms with van der Waals surface area (Å²) in [6.07, 6.45) is 4.01. The van der Waals surface area contributed by atoms with Gasteiger partial charge in [-0.05, 0) is 18.8 Å². The summed E-state index contributed by atoms with van der Waals surface area (Å²) >= 11 is 1.66. The highest BCUT2D eigenvalue weighted by atomic mass is 32.2. The topological polar surface area (TPSA) is 87.4 Å². The van der Waals surface area contributed by atoms with E-state index in [0.717, 1.165) is 29.1 Å². The molecule has 1 aliphatic carbocycles. The molecule has 2 N–H and O–H groups in total. The molecular weight excluding hydrogens is 286 g/mol. The summed E-state index contributed by atoms with van der Waals surface area (Å²) in [7, 11) is 0. The van der Waals surface area contributed by atoms with Crippen LogP contribution >= 0.6 is 11.8 Å². The first-order chi connectivity index (χ1) is 10.2. The Morgan fingerprint density at radius 2 is 2.14 bits per heavy atom. The van der Waals surface area contributed by atoms with Crippen LogP contribution in [0.1, 0.15) is 44.4 Å². The Hall–Kier alpha value is -1.41. The van der Waals surface area contributed by atoms with Gasteiger partial charge in [-0.15, -0.1) is 10.2 Å². The second-order valence-electron chi connectivity index (χ2n) is 5.75. The first kappa shape index (κ1) is 14.5. The predicted octanol–water partition coefficient (Wildman–Crippen LogP) is 1.61. The maximum Gasteiger partial charge on any atom is 0.191 e. The summed E-state index contributed by atoms with van der Waals surface area (Å²) in [6.45, 7) is 5.68. The quantitative estimate of drug-likeness (QED) is 0.782. The number of aromatic nitrogens is 6. The van der Waals surface area contributed by atoms with Crippen LogP contribution in [0.3, 0.4) is 0 Å². The molecule has 7 nitrogen and oxygen atoms in total. The molecule has 0 spiro atoms. The van der Waals surface area contributed by atoms with Gasteiger partial charge in [-0.3, -0.25) is 0 Å². The molecule has 0 saturated heterocycles. The van der Waals surface area contributed by atoms with Crippen molar-refractivity contribution in [1.29, 1.82) is 0 Å². The number of nitrogens with zero attached hydrogens (tertiary/aromatic N) is 6. The van der Waals surface area contributed by atoms with Crippen LogP contribution in [0.5, 0.6) is 0 Å². The van der Waals surface area contributed by atoms with Gasteiger partial charge >= 0.3 is 0 Å². The molecule has 2 aromatic heterocycles. The molecule has 0 aliphatic heterocycles. The fourth-order valence-corrected chi connectivity index (χ4v) is 3.25. The third-order valence-electron chi connectivity index (χ3n) is 3.39. The molecule has 2 aromatic rings. The zero-order valence-corrected chi connectivity index (χ0v) is 13.3. The minimum Gasteiger partial charge on any atom is -0.324 e. The summed E-state index contributed by atoms with van der Waals surface area (Å²) in [5, 5.41) is 13.7. The molecule has 8 heteroatoms. The smallest absolute Gasteiger partial charge is 0.191 e. The lowest BCUT2D eigenvalue weighted by Crippen LogP contribution is -2.10. The predicted molar refractivity (Wildman–Crippen MR) is 80.6 cm³/mol. The van der Waals surface area contributed by atoms with Crippen molar-refractivity contribution >= 4 is 11.8 Å². The Morgan fingerprint density at radius 3 is 2.81 bits per heavy atom. The van der Waals surface area contributed by atoms with E-state index in [4.69, 9.17) is 5.73 Å². The summed E-state index contributed by atoms with van der Waals surface area (Å²) in [5.74, 6) is 3.16. The summed E-state index contributed by atoms with van der Waals surface area (Å²) in [4.78, 5) is 4.35. The maximum atomic E-state index is 5.74. The van der Waals surface area contributed by atoms with Crippen LogP contribution in [0.15, 0.2) is 11.5 Å².